The van der Waals surface area contributed by atoms with Crippen LogP contribution < -0.4 is 10.6 Å². The van der Waals surface area contributed by atoms with Crippen LogP contribution in [0.2, 0.25) is 0 Å². The number of carbonyl (C=O) groups is 1. The Bertz CT molecular complexity index is 881. The van der Waals surface area contributed by atoms with Crippen LogP contribution in [-0.2, 0) is 6.42 Å². The highest BCUT2D eigenvalue weighted by molar-refractivity contribution is 5.92. The first-order valence-corrected chi connectivity index (χ1v) is 9.23. The maximum Gasteiger partial charge on any atom is 0.272 e. The minimum absolute atomic E-state index is 0.130. The molecule has 0 atom stereocenters. The Morgan fingerprint density at radius 3 is 2.77 bits per heavy atom. The number of nitrogens with zero attached hydrogens (tertiary/aromatic N) is 2. The molecule has 0 unspecified atom stereocenters. The van der Waals surface area contributed by atoms with Gasteiger partial charge in [-0.15, -0.1) is 10.2 Å². The Morgan fingerprint density at radius 2 is 1.96 bits per heavy atom. The number of para-hydroxylation sites is 1. The number of H-pyrrole nitrogens is 1. The van der Waals surface area contributed by atoms with Gasteiger partial charge in [-0.3, -0.25) is 4.79 Å². The van der Waals surface area contributed by atoms with E-state index in [1.165, 1.54) is 23.8 Å². The van der Waals surface area contributed by atoms with Crippen molar-refractivity contribution in [3.8, 4) is 0 Å². The summed E-state index contributed by atoms with van der Waals surface area (Å²) in [4.78, 5) is 15.5. The van der Waals surface area contributed by atoms with Crippen LogP contribution in [0.5, 0.6) is 0 Å². The molecule has 1 saturated carbocycles. The predicted molar refractivity (Wildman–Crippen MR) is 102 cm³/mol. The number of anilines is 1. The van der Waals surface area contributed by atoms with Crippen LogP contribution in [0.3, 0.4) is 0 Å². The zero-order valence-electron chi connectivity index (χ0n) is 14.7. The molecule has 3 aromatic rings. The fraction of sp³-hybridized carbons (Fsp3) is 0.350. The molecule has 0 saturated heterocycles. The summed E-state index contributed by atoms with van der Waals surface area (Å²) in [7, 11) is 0. The third-order valence-electron chi connectivity index (χ3n) is 4.96. The summed E-state index contributed by atoms with van der Waals surface area (Å²) in [6, 6.07) is 12.1. The third kappa shape index (κ3) is 3.69. The summed E-state index contributed by atoms with van der Waals surface area (Å²) in [5.74, 6) is 0.553. The molecule has 0 spiro atoms. The number of hydrogen-bond donors (Lipinski definition) is 3. The largest absolute Gasteiger partial charge is 0.368 e. The molecule has 6 heteroatoms. The van der Waals surface area contributed by atoms with E-state index in [9.17, 15) is 4.79 Å². The van der Waals surface area contributed by atoms with Crippen LogP contribution in [-0.4, -0.2) is 33.7 Å². The highest BCUT2D eigenvalue weighted by atomic mass is 16.2. The van der Waals surface area contributed by atoms with Gasteiger partial charge in [-0.25, -0.2) is 0 Å². The van der Waals surface area contributed by atoms with E-state index in [0.29, 0.717) is 17.6 Å². The van der Waals surface area contributed by atoms with Gasteiger partial charge in [0.2, 0.25) is 0 Å². The van der Waals surface area contributed by atoms with Crippen LogP contribution in [0.15, 0.2) is 42.6 Å². The van der Waals surface area contributed by atoms with E-state index in [1.54, 1.807) is 6.07 Å². The van der Waals surface area contributed by atoms with Gasteiger partial charge in [0.1, 0.15) is 5.82 Å². The first-order chi connectivity index (χ1) is 12.8. The van der Waals surface area contributed by atoms with Crippen molar-refractivity contribution < 1.29 is 4.79 Å². The molecule has 6 nitrogen and oxygen atoms in total. The average Bonchev–Trinajstić information content (AvgIpc) is 3.32. The van der Waals surface area contributed by atoms with Gasteiger partial charge in [0, 0.05) is 29.7 Å². The molecule has 0 bridgehead atoms. The molecule has 1 amide bonds. The number of rotatable bonds is 6. The number of fused-ring (bicyclic) bond motifs is 1. The van der Waals surface area contributed by atoms with Gasteiger partial charge in [-0.05, 0) is 43.0 Å². The Labute approximate surface area is 152 Å². The maximum absolute atomic E-state index is 12.2. The first kappa shape index (κ1) is 16.6. The summed E-state index contributed by atoms with van der Waals surface area (Å²) in [5, 5.41) is 15.7. The quantitative estimate of drug-likeness (QED) is 0.638. The van der Waals surface area contributed by atoms with Crippen molar-refractivity contribution in [2.24, 2.45) is 0 Å². The van der Waals surface area contributed by atoms with Crippen molar-refractivity contribution in [2.45, 2.75) is 38.1 Å². The lowest BCUT2D eigenvalue weighted by Gasteiger charge is -2.11. The van der Waals surface area contributed by atoms with Gasteiger partial charge >= 0.3 is 0 Å². The molecular formula is C20H23N5O. The highest BCUT2D eigenvalue weighted by Crippen LogP contribution is 2.19. The fourth-order valence-corrected chi connectivity index (χ4v) is 3.54. The zero-order valence-corrected chi connectivity index (χ0v) is 14.7. The molecule has 1 aromatic carbocycles. The zero-order chi connectivity index (χ0) is 17.8. The summed E-state index contributed by atoms with van der Waals surface area (Å²) in [5.41, 5.74) is 2.80. The number of aromatic amines is 1. The SMILES string of the molecule is O=C(NC1CCCC1)c1ccc(NCCc2c[nH]c3ccccc23)nn1. The van der Waals surface area contributed by atoms with E-state index >= 15 is 0 Å². The molecule has 4 rings (SSSR count). The van der Waals surface area contributed by atoms with Crippen molar-refractivity contribution in [1.29, 1.82) is 0 Å². The lowest BCUT2D eigenvalue weighted by molar-refractivity contribution is 0.0932. The van der Waals surface area contributed by atoms with Gasteiger partial charge < -0.3 is 15.6 Å². The van der Waals surface area contributed by atoms with Crippen LogP contribution >= 0.6 is 0 Å². The van der Waals surface area contributed by atoms with Crippen LogP contribution in [0, 0.1) is 0 Å². The lowest BCUT2D eigenvalue weighted by Crippen LogP contribution is -2.33. The molecule has 26 heavy (non-hydrogen) atoms. The molecule has 1 fully saturated rings. The van der Waals surface area contributed by atoms with Crippen molar-refractivity contribution in [2.75, 3.05) is 11.9 Å². The van der Waals surface area contributed by atoms with Crippen LogP contribution in [0.4, 0.5) is 5.82 Å². The minimum Gasteiger partial charge on any atom is -0.368 e. The summed E-state index contributed by atoms with van der Waals surface area (Å²) in [6.45, 7) is 0.754. The van der Waals surface area contributed by atoms with E-state index in [2.05, 4.69) is 44.1 Å². The summed E-state index contributed by atoms with van der Waals surface area (Å²) in [6.07, 6.45) is 7.44. The fourth-order valence-electron chi connectivity index (χ4n) is 3.54. The number of aromatic nitrogens is 3. The van der Waals surface area contributed by atoms with E-state index in [-0.39, 0.29) is 5.91 Å². The number of benzene rings is 1. The van der Waals surface area contributed by atoms with Gasteiger partial charge in [0.15, 0.2) is 5.69 Å². The molecule has 134 valence electrons. The summed E-state index contributed by atoms with van der Waals surface area (Å²) >= 11 is 0. The van der Waals surface area contributed by atoms with Crippen LogP contribution in [0.25, 0.3) is 10.9 Å². The monoisotopic (exact) mass is 349 g/mol. The second kappa shape index (κ2) is 7.56. The number of amides is 1. The van der Waals surface area contributed by atoms with Gasteiger partial charge in [-0.2, -0.15) is 0 Å². The topological polar surface area (TPSA) is 82.7 Å². The minimum atomic E-state index is -0.130. The van der Waals surface area contributed by atoms with Crippen molar-refractivity contribution in [3.63, 3.8) is 0 Å². The standard InChI is InChI=1S/C20H23N5O/c26-20(23-15-5-1-2-6-15)18-9-10-19(25-24-18)21-12-11-14-13-22-17-8-4-3-7-16(14)17/h3-4,7-10,13,15,22H,1-2,5-6,11-12H2,(H,21,25)(H,23,26). The smallest absolute Gasteiger partial charge is 0.272 e. The van der Waals surface area contributed by atoms with E-state index in [1.807, 2.05) is 18.2 Å². The molecule has 0 radical (unpaired) electrons. The molecule has 2 heterocycles. The molecular weight excluding hydrogens is 326 g/mol. The van der Waals surface area contributed by atoms with E-state index in [0.717, 1.165) is 31.3 Å². The predicted octanol–water partition coefficient (Wildman–Crippen LogP) is 3.28. The lowest BCUT2D eigenvalue weighted by atomic mass is 10.1. The Hall–Kier alpha value is -2.89. The molecule has 1 aliphatic rings. The second-order valence-electron chi connectivity index (χ2n) is 6.79. The molecule has 0 aliphatic heterocycles. The Balaban J connectivity index is 1.30. The Morgan fingerprint density at radius 1 is 1.12 bits per heavy atom. The third-order valence-corrected chi connectivity index (χ3v) is 4.96. The van der Waals surface area contributed by atoms with Crippen molar-refractivity contribution in [1.82, 2.24) is 20.5 Å². The average molecular weight is 349 g/mol. The van der Waals surface area contributed by atoms with Gasteiger partial charge in [0.25, 0.3) is 5.91 Å². The van der Waals surface area contributed by atoms with E-state index in [4.69, 9.17) is 0 Å². The van der Waals surface area contributed by atoms with Gasteiger partial charge in [-0.1, -0.05) is 31.0 Å². The Kier molecular flexibility index (Phi) is 4.82. The van der Waals surface area contributed by atoms with Crippen molar-refractivity contribution in [3.05, 3.63) is 53.9 Å². The number of carbonyl (C=O) groups excluding carboxylic acids is 1. The second-order valence-corrected chi connectivity index (χ2v) is 6.79. The van der Waals surface area contributed by atoms with Crippen LogP contribution in [0.1, 0.15) is 41.7 Å². The van der Waals surface area contributed by atoms with E-state index < -0.39 is 0 Å². The molecule has 1 aliphatic carbocycles. The first-order valence-electron chi connectivity index (χ1n) is 9.23. The molecule has 2 aromatic heterocycles. The van der Waals surface area contributed by atoms with Gasteiger partial charge in [0.05, 0.1) is 0 Å². The number of hydrogen-bond acceptors (Lipinski definition) is 4. The maximum atomic E-state index is 12.2. The van der Waals surface area contributed by atoms with Crippen molar-refractivity contribution >= 4 is 22.6 Å². The molecule has 3 N–H and O–H groups in total. The highest BCUT2D eigenvalue weighted by Gasteiger charge is 2.18. The number of nitrogens with one attached hydrogen (secondary N) is 3. The normalized spacial score (nSPS) is 14.6. The summed E-state index contributed by atoms with van der Waals surface area (Å²) < 4.78 is 0.